The summed E-state index contributed by atoms with van der Waals surface area (Å²) in [7, 11) is 2.08. The number of benzene rings is 1. The topological polar surface area (TPSA) is 20.5 Å². The van der Waals surface area contributed by atoms with Crippen molar-refractivity contribution in [3.8, 4) is 0 Å². The van der Waals surface area contributed by atoms with Crippen LogP contribution in [-0.4, -0.2) is 16.4 Å². The minimum atomic E-state index is 0.772. The SMILES string of the molecule is CN(Cc1ccccc1Br)c1nc2ccccn2c1CBr. The van der Waals surface area contributed by atoms with E-state index in [4.69, 9.17) is 4.98 Å². The molecule has 0 N–H and O–H groups in total. The number of aromatic nitrogens is 2. The van der Waals surface area contributed by atoms with E-state index in [9.17, 15) is 0 Å². The van der Waals surface area contributed by atoms with Crippen molar-refractivity contribution in [3.63, 3.8) is 0 Å². The van der Waals surface area contributed by atoms with Gasteiger partial charge in [-0.25, -0.2) is 4.98 Å². The molecule has 21 heavy (non-hydrogen) atoms. The summed E-state index contributed by atoms with van der Waals surface area (Å²) in [4.78, 5) is 6.94. The Bertz CT molecular complexity index is 767. The molecule has 3 rings (SSSR count). The van der Waals surface area contributed by atoms with Gasteiger partial charge in [-0.2, -0.15) is 0 Å². The number of imidazole rings is 1. The molecule has 0 saturated heterocycles. The lowest BCUT2D eigenvalue weighted by atomic mass is 10.2. The number of fused-ring (bicyclic) bond motifs is 1. The molecule has 0 spiro atoms. The van der Waals surface area contributed by atoms with Gasteiger partial charge in [-0.1, -0.05) is 56.1 Å². The Balaban J connectivity index is 1.98. The minimum Gasteiger partial charge on any atom is -0.354 e. The fourth-order valence-electron chi connectivity index (χ4n) is 2.42. The van der Waals surface area contributed by atoms with Crippen molar-refractivity contribution in [2.45, 2.75) is 11.9 Å². The molecule has 108 valence electrons. The lowest BCUT2D eigenvalue weighted by Crippen LogP contribution is -2.18. The number of nitrogens with zero attached hydrogens (tertiary/aromatic N) is 3. The van der Waals surface area contributed by atoms with Crippen molar-refractivity contribution in [1.29, 1.82) is 0 Å². The molecule has 0 amide bonds. The highest BCUT2D eigenvalue weighted by molar-refractivity contribution is 9.10. The summed E-state index contributed by atoms with van der Waals surface area (Å²) >= 11 is 7.19. The number of halogens is 2. The van der Waals surface area contributed by atoms with Crippen LogP contribution < -0.4 is 4.90 Å². The summed E-state index contributed by atoms with van der Waals surface area (Å²) in [6, 6.07) is 14.4. The van der Waals surface area contributed by atoms with E-state index in [1.54, 1.807) is 0 Å². The predicted octanol–water partition coefficient (Wildman–Crippen LogP) is 4.63. The van der Waals surface area contributed by atoms with Gasteiger partial charge >= 0.3 is 0 Å². The molecule has 2 aromatic heterocycles. The van der Waals surface area contributed by atoms with Crippen molar-refractivity contribution in [3.05, 3.63) is 64.4 Å². The van der Waals surface area contributed by atoms with E-state index in [0.717, 1.165) is 27.8 Å². The maximum absolute atomic E-state index is 4.75. The van der Waals surface area contributed by atoms with Gasteiger partial charge in [0.25, 0.3) is 0 Å². The smallest absolute Gasteiger partial charge is 0.152 e. The highest BCUT2D eigenvalue weighted by atomic mass is 79.9. The Hall–Kier alpha value is -1.33. The van der Waals surface area contributed by atoms with E-state index >= 15 is 0 Å². The number of rotatable bonds is 4. The average molecular weight is 409 g/mol. The van der Waals surface area contributed by atoms with E-state index in [1.165, 1.54) is 11.3 Å². The van der Waals surface area contributed by atoms with Gasteiger partial charge in [-0.15, -0.1) is 0 Å². The van der Waals surface area contributed by atoms with Gasteiger partial charge in [-0.3, -0.25) is 0 Å². The van der Waals surface area contributed by atoms with Gasteiger partial charge in [0, 0.05) is 29.6 Å². The number of hydrogen-bond acceptors (Lipinski definition) is 2. The molecule has 3 aromatic rings. The van der Waals surface area contributed by atoms with E-state index < -0.39 is 0 Å². The fraction of sp³-hybridized carbons (Fsp3) is 0.188. The molecule has 0 radical (unpaired) electrons. The first-order valence-electron chi connectivity index (χ1n) is 6.67. The molecule has 0 fully saturated rings. The molecular weight excluding hydrogens is 394 g/mol. The van der Waals surface area contributed by atoms with E-state index in [1.807, 2.05) is 24.3 Å². The summed E-state index contributed by atoms with van der Waals surface area (Å²) in [5.74, 6) is 1.01. The predicted molar refractivity (Wildman–Crippen MR) is 94.1 cm³/mol. The Kier molecular flexibility index (Phi) is 4.31. The zero-order valence-electron chi connectivity index (χ0n) is 11.6. The number of pyridine rings is 1. The van der Waals surface area contributed by atoms with Crippen LogP contribution >= 0.6 is 31.9 Å². The molecule has 5 heteroatoms. The van der Waals surface area contributed by atoms with Gasteiger partial charge in [-0.05, 0) is 23.8 Å². The lowest BCUT2D eigenvalue weighted by Gasteiger charge is -2.18. The van der Waals surface area contributed by atoms with Gasteiger partial charge in [0.15, 0.2) is 5.82 Å². The van der Waals surface area contributed by atoms with Crippen LogP contribution in [0.15, 0.2) is 53.1 Å². The molecule has 0 aliphatic rings. The molecule has 1 aromatic carbocycles. The standard InChI is InChI=1S/C16H15Br2N3/c1-20(11-12-6-2-3-7-13(12)18)16-14(10-17)21-9-5-4-8-15(21)19-16/h2-9H,10-11H2,1H3. The molecular formula is C16H15Br2N3. The molecule has 0 aliphatic heterocycles. The van der Waals surface area contributed by atoms with Gasteiger partial charge < -0.3 is 9.30 Å². The first-order valence-corrected chi connectivity index (χ1v) is 8.58. The van der Waals surface area contributed by atoms with Crippen LogP contribution in [0.2, 0.25) is 0 Å². The van der Waals surface area contributed by atoms with Crippen molar-refractivity contribution in [2.24, 2.45) is 0 Å². The van der Waals surface area contributed by atoms with Gasteiger partial charge in [0.1, 0.15) is 5.65 Å². The second-order valence-corrected chi connectivity index (χ2v) is 6.31. The van der Waals surface area contributed by atoms with Gasteiger partial charge in [0.2, 0.25) is 0 Å². The number of hydrogen-bond donors (Lipinski definition) is 0. The summed E-state index contributed by atoms with van der Waals surface area (Å²) in [6.45, 7) is 0.811. The summed E-state index contributed by atoms with van der Waals surface area (Å²) < 4.78 is 3.25. The third-order valence-corrected chi connectivity index (χ3v) is 4.77. The van der Waals surface area contributed by atoms with Crippen LogP contribution in [0.4, 0.5) is 5.82 Å². The van der Waals surface area contributed by atoms with Crippen molar-refractivity contribution < 1.29 is 0 Å². The van der Waals surface area contributed by atoms with Crippen LogP contribution in [0.3, 0.4) is 0 Å². The Morgan fingerprint density at radius 3 is 2.67 bits per heavy atom. The van der Waals surface area contributed by atoms with Crippen LogP contribution in [0.5, 0.6) is 0 Å². The van der Waals surface area contributed by atoms with Crippen LogP contribution in [0, 0.1) is 0 Å². The summed E-state index contributed by atoms with van der Waals surface area (Å²) in [5, 5.41) is 0.772. The first kappa shape index (κ1) is 14.6. The maximum atomic E-state index is 4.75. The third kappa shape index (κ3) is 2.85. The van der Waals surface area contributed by atoms with Crippen molar-refractivity contribution in [2.75, 3.05) is 11.9 Å². The molecule has 0 saturated carbocycles. The quantitative estimate of drug-likeness (QED) is 0.586. The zero-order chi connectivity index (χ0) is 14.8. The van der Waals surface area contributed by atoms with E-state index in [2.05, 4.69) is 72.6 Å². The molecule has 0 aliphatic carbocycles. The van der Waals surface area contributed by atoms with E-state index in [-0.39, 0.29) is 0 Å². The third-order valence-electron chi connectivity index (χ3n) is 3.46. The van der Waals surface area contributed by atoms with Crippen molar-refractivity contribution >= 4 is 43.3 Å². The summed E-state index contributed by atoms with van der Waals surface area (Å²) in [5.41, 5.74) is 3.39. The second kappa shape index (κ2) is 6.20. The number of alkyl halides is 1. The molecule has 3 nitrogen and oxygen atoms in total. The molecule has 0 bridgehead atoms. The normalized spacial score (nSPS) is 11.0. The monoisotopic (exact) mass is 407 g/mol. The Morgan fingerprint density at radius 2 is 1.90 bits per heavy atom. The minimum absolute atomic E-state index is 0.772. The highest BCUT2D eigenvalue weighted by Gasteiger charge is 2.15. The Labute approximate surface area is 140 Å². The lowest BCUT2D eigenvalue weighted by molar-refractivity contribution is 0.891. The van der Waals surface area contributed by atoms with Crippen LogP contribution in [-0.2, 0) is 11.9 Å². The average Bonchev–Trinajstić information content (AvgIpc) is 2.88. The second-order valence-electron chi connectivity index (χ2n) is 4.89. The van der Waals surface area contributed by atoms with Crippen LogP contribution in [0.25, 0.3) is 5.65 Å². The number of anilines is 1. The fourth-order valence-corrected chi connectivity index (χ4v) is 3.35. The first-order chi connectivity index (χ1) is 10.2. The maximum Gasteiger partial charge on any atom is 0.152 e. The largest absolute Gasteiger partial charge is 0.354 e. The Morgan fingerprint density at radius 1 is 1.14 bits per heavy atom. The van der Waals surface area contributed by atoms with Crippen molar-refractivity contribution in [1.82, 2.24) is 9.38 Å². The summed E-state index contributed by atoms with van der Waals surface area (Å²) in [6.07, 6.45) is 2.05. The van der Waals surface area contributed by atoms with E-state index in [0.29, 0.717) is 0 Å². The molecule has 0 unspecified atom stereocenters. The zero-order valence-corrected chi connectivity index (χ0v) is 14.8. The highest BCUT2D eigenvalue weighted by Crippen LogP contribution is 2.26. The molecule has 2 heterocycles. The molecule has 0 atom stereocenters. The van der Waals surface area contributed by atoms with Crippen LogP contribution in [0.1, 0.15) is 11.3 Å². The van der Waals surface area contributed by atoms with Gasteiger partial charge in [0.05, 0.1) is 5.69 Å².